The minimum absolute atomic E-state index is 0.111. The molecule has 0 aliphatic carbocycles. The Labute approximate surface area is 190 Å². The van der Waals surface area contributed by atoms with Crippen molar-refractivity contribution in [3.63, 3.8) is 0 Å². The number of hydrogen-bond acceptors (Lipinski definition) is 6. The standard InChI is InChI=1S/C24H49NO6/c1-23(2)11-10-15-28-17-19-30-21-22-31-20-18-29-16-13-25-24(26)12-8-6-4-5-7-9-14-27-3/h23H,4-22H2,1-3H3,(H,25,26). The van der Waals surface area contributed by atoms with Crippen molar-refractivity contribution in [3.8, 4) is 0 Å². The van der Waals surface area contributed by atoms with Gasteiger partial charge in [-0.3, -0.25) is 4.79 Å². The molecule has 0 bridgehead atoms. The van der Waals surface area contributed by atoms with E-state index in [0.29, 0.717) is 59.2 Å². The van der Waals surface area contributed by atoms with Crippen molar-refractivity contribution in [1.82, 2.24) is 5.32 Å². The van der Waals surface area contributed by atoms with Crippen molar-refractivity contribution in [2.45, 2.75) is 71.6 Å². The van der Waals surface area contributed by atoms with Gasteiger partial charge in [-0.1, -0.05) is 39.5 Å². The van der Waals surface area contributed by atoms with Crippen molar-refractivity contribution < 1.29 is 28.5 Å². The highest BCUT2D eigenvalue weighted by molar-refractivity contribution is 5.75. The molecular formula is C24H49NO6. The van der Waals surface area contributed by atoms with Gasteiger partial charge in [0.25, 0.3) is 0 Å². The van der Waals surface area contributed by atoms with Crippen LogP contribution in [0.25, 0.3) is 0 Å². The van der Waals surface area contributed by atoms with Crippen LogP contribution in [0, 0.1) is 5.92 Å². The molecule has 0 radical (unpaired) electrons. The molecule has 0 aromatic rings. The number of nitrogens with one attached hydrogen (secondary N) is 1. The molecule has 0 aliphatic rings. The summed E-state index contributed by atoms with van der Waals surface area (Å²) in [6.45, 7) is 10.6. The van der Waals surface area contributed by atoms with Gasteiger partial charge in [0.15, 0.2) is 0 Å². The Morgan fingerprint density at radius 3 is 1.74 bits per heavy atom. The summed E-state index contributed by atoms with van der Waals surface area (Å²) in [5.74, 6) is 0.849. The molecule has 0 atom stereocenters. The molecule has 1 amide bonds. The fraction of sp³-hybridized carbons (Fsp3) is 0.958. The average Bonchev–Trinajstić information content (AvgIpc) is 2.75. The van der Waals surface area contributed by atoms with Crippen LogP contribution in [0.5, 0.6) is 0 Å². The second kappa shape index (κ2) is 25.5. The zero-order valence-electron chi connectivity index (χ0n) is 20.5. The molecule has 0 aromatic carbocycles. The molecule has 0 fully saturated rings. The number of methoxy groups -OCH3 is 1. The molecule has 0 spiro atoms. The quantitative estimate of drug-likeness (QED) is 0.213. The lowest BCUT2D eigenvalue weighted by atomic mass is 10.1. The van der Waals surface area contributed by atoms with Crippen molar-refractivity contribution in [2.24, 2.45) is 5.92 Å². The van der Waals surface area contributed by atoms with E-state index in [1.807, 2.05) is 0 Å². The third-order valence-electron chi connectivity index (χ3n) is 4.76. The van der Waals surface area contributed by atoms with E-state index in [2.05, 4.69) is 19.2 Å². The zero-order valence-corrected chi connectivity index (χ0v) is 20.5. The molecular weight excluding hydrogens is 398 g/mol. The highest BCUT2D eigenvalue weighted by atomic mass is 16.6. The topological polar surface area (TPSA) is 75.3 Å². The average molecular weight is 448 g/mol. The number of carbonyl (C=O) groups is 1. The van der Waals surface area contributed by atoms with Crippen LogP contribution >= 0.6 is 0 Å². The first kappa shape index (κ1) is 30.3. The van der Waals surface area contributed by atoms with Gasteiger partial charge < -0.3 is 29.0 Å². The van der Waals surface area contributed by atoms with Crippen molar-refractivity contribution in [2.75, 3.05) is 73.1 Å². The number of amides is 1. The van der Waals surface area contributed by atoms with Gasteiger partial charge in [-0.05, 0) is 31.6 Å². The van der Waals surface area contributed by atoms with E-state index >= 15 is 0 Å². The maximum atomic E-state index is 11.7. The van der Waals surface area contributed by atoms with E-state index in [4.69, 9.17) is 23.7 Å². The number of ether oxygens (including phenoxy) is 5. The summed E-state index contributed by atoms with van der Waals surface area (Å²) < 4.78 is 26.9. The normalized spacial score (nSPS) is 11.4. The zero-order chi connectivity index (χ0) is 22.8. The monoisotopic (exact) mass is 447 g/mol. The maximum Gasteiger partial charge on any atom is 0.220 e. The summed E-state index contributed by atoms with van der Waals surface area (Å²) in [6.07, 6.45) is 9.74. The van der Waals surface area contributed by atoms with Gasteiger partial charge in [-0.15, -0.1) is 0 Å². The van der Waals surface area contributed by atoms with Crippen LogP contribution < -0.4 is 5.32 Å². The minimum Gasteiger partial charge on any atom is -0.385 e. The van der Waals surface area contributed by atoms with E-state index in [-0.39, 0.29) is 5.91 Å². The first-order chi connectivity index (χ1) is 15.2. The van der Waals surface area contributed by atoms with Crippen LogP contribution in [0.15, 0.2) is 0 Å². The third-order valence-corrected chi connectivity index (χ3v) is 4.76. The van der Waals surface area contributed by atoms with E-state index in [9.17, 15) is 4.79 Å². The predicted octanol–water partition coefficient (Wildman–Crippen LogP) is 3.98. The lowest BCUT2D eigenvalue weighted by Gasteiger charge is -2.08. The summed E-state index contributed by atoms with van der Waals surface area (Å²) in [5.41, 5.74) is 0. The van der Waals surface area contributed by atoms with Crippen LogP contribution in [-0.2, 0) is 28.5 Å². The largest absolute Gasteiger partial charge is 0.385 e. The molecule has 0 rings (SSSR count). The second-order valence-electron chi connectivity index (χ2n) is 8.20. The molecule has 186 valence electrons. The van der Waals surface area contributed by atoms with Gasteiger partial charge in [0.1, 0.15) is 0 Å². The Balaban J connectivity index is 3.13. The Morgan fingerprint density at radius 2 is 1.16 bits per heavy atom. The number of carbonyl (C=O) groups excluding carboxylic acids is 1. The SMILES string of the molecule is COCCCCCCCCC(=O)NCCOCCOCCOCCOCCCC(C)C. The summed E-state index contributed by atoms with van der Waals surface area (Å²) in [7, 11) is 1.74. The Bertz CT molecular complexity index is 368. The minimum atomic E-state index is 0.111. The molecule has 31 heavy (non-hydrogen) atoms. The van der Waals surface area contributed by atoms with Gasteiger partial charge >= 0.3 is 0 Å². The molecule has 0 heterocycles. The highest BCUT2D eigenvalue weighted by Crippen LogP contribution is 2.07. The van der Waals surface area contributed by atoms with Gasteiger partial charge in [-0.25, -0.2) is 0 Å². The molecule has 1 N–H and O–H groups in total. The van der Waals surface area contributed by atoms with Gasteiger partial charge in [0.05, 0.1) is 46.2 Å². The molecule has 0 unspecified atom stereocenters. The van der Waals surface area contributed by atoms with Crippen molar-refractivity contribution in [1.29, 1.82) is 0 Å². The molecule has 0 saturated heterocycles. The molecule has 7 nitrogen and oxygen atoms in total. The fourth-order valence-corrected chi connectivity index (χ4v) is 2.95. The van der Waals surface area contributed by atoms with Crippen molar-refractivity contribution >= 4 is 5.91 Å². The maximum absolute atomic E-state index is 11.7. The Hall–Kier alpha value is -0.730. The van der Waals surface area contributed by atoms with Crippen LogP contribution in [0.3, 0.4) is 0 Å². The lowest BCUT2D eigenvalue weighted by molar-refractivity contribution is -0.121. The Morgan fingerprint density at radius 1 is 0.645 bits per heavy atom. The molecule has 0 aromatic heterocycles. The third kappa shape index (κ3) is 27.2. The van der Waals surface area contributed by atoms with Crippen LogP contribution in [-0.4, -0.2) is 79.0 Å². The summed E-state index contributed by atoms with van der Waals surface area (Å²) in [5, 5.41) is 2.90. The lowest BCUT2D eigenvalue weighted by Crippen LogP contribution is -2.27. The summed E-state index contributed by atoms with van der Waals surface area (Å²) >= 11 is 0. The number of rotatable bonds is 25. The summed E-state index contributed by atoms with van der Waals surface area (Å²) in [6, 6.07) is 0. The van der Waals surface area contributed by atoms with E-state index in [1.165, 1.54) is 25.7 Å². The molecule has 0 aliphatic heterocycles. The van der Waals surface area contributed by atoms with E-state index in [1.54, 1.807) is 7.11 Å². The summed E-state index contributed by atoms with van der Waals surface area (Å²) in [4.78, 5) is 11.7. The number of unbranched alkanes of at least 4 members (excludes halogenated alkanes) is 5. The fourth-order valence-electron chi connectivity index (χ4n) is 2.95. The van der Waals surface area contributed by atoms with Crippen LogP contribution in [0.2, 0.25) is 0 Å². The first-order valence-corrected chi connectivity index (χ1v) is 12.2. The van der Waals surface area contributed by atoms with Gasteiger partial charge in [-0.2, -0.15) is 0 Å². The van der Waals surface area contributed by atoms with E-state index in [0.717, 1.165) is 44.8 Å². The van der Waals surface area contributed by atoms with Gasteiger partial charge in [0, 0.05) is 33.3 Å². The smallest absolute Gasteiger partial charge is 0.220 e. The second-order valence-corrected chi connectivity index (χ2v) is 8.20. The predicted molar refractivity (Wildman–Crippen MR) is 125 cm³/mol. The molecule has 7 heteroatoms. The molecule has 0 saturated carbocycles. The van der Waals surface area contributed by atoms with E-state index < -0.39 is 0 Å². The van der Waals surface area contributed by atoms with Crippen LogP contribution in [0.4, 0.5) is 0 Å². The Kier molecular flexibility index (Phi) is 24.9. The van der Waals surface area contributed by atoms with Crippen molar-refractivity contribution in [3.05, 3.63) is 0 Å². The van der Waals surface area contributed by atoms with Crippen LogP contribution in [0.1, 0.15) is 71.6 Å². The highest BCUT2D eigenvalue weighted by Gasteiger charge is 2.01. The van der Waals surface area contributed by atoms with Gasteiger partial charge in [0.2, 0.25) is 5.91 Å². The first-order valence-electron chi connectivity index (χ1n) is 12.2. The number of hydrogen-bond donors (Lipinski definition) is 1.